The molecule has 0 atom stereocenters. The molecule has 2 heterocycles. The molecule has 3 aromatic rings. The van der Waals surface area contributed by atoms with Crippen molar-refractivity contribution < 1.29 is 0 Å². The zero-order valence-electron chi connectivity index (χ0n) is 11.0. The van der Waals surface area contributed by atoms with E-state index >= 15 is 0 Å². The second kappa shape index (κ2) is 3.99. The van der Waals surface area contributed by atoms with E-state index in [1.54, 1.807) is 0 Å². The lowest BCUT2D eigenvalue weighted by Gasteiger charge is -2.04. The second-order valence-corrected chi connectivity index (χ2v) is 5.75. The number of hydrogen-bond donors (Lipinski definition) is 2. The number of nitrogen functional groups attached to an aromatic ring is 1. The highest BCUT2D eigenvalue weighted by atomic mass is 35.5. The van der Waals surface area contributed by atoms with Crippen molar-refractivity contribution in [1.29, 1.82) is 0 Å². The van der Waals surface area contributed by atoms with Crippen molar-refractivity contribution in [2.45, 2.75) is 25.7 Å². The summed E-state index contributed by atoms with van der Waals surface area (Å²) in [6.07, 6.45) is 2.34. The van der Waals surface area contributed by atoms with Crippen LogP contribution in [0.15, 0.2) is 18.2 Å². The van der Waals surface area contributed by atoms with Crippen molar-refractivity contribution in [3.63, 3.8) is 0 Å². The monoisotopic (exact) mass is 287 g/mol. The van der Waals surface area contributed by atoms with Crippen LogP contribution in [0.5, 0.6) is 0 Å². The smallest absolute Gasteiger partial charge is 0.186 e. The average Bonchev–Trinajstić information content (AvgIpc) is 3.10. The number of halogens is 1. The van der Waals surface area contributed by atoms with Crippen LogP contribution in [0, 0.1) is 6.92 Å². The Balaban J connectivity index is 1.97. The molecule has 2 aromatic heterocycles. The highest BCUT2D eigenvalue weighted by Crippen LogP contribution is 2.43. The molecule has 1 aliphatic carbocycles. The van der Waals surface area contributed by atoms with Crippen LogP contribution in [0.4, 0.5) is 5.82 Å². The third-order valence-electron chi connectivity index (χ3n) is 3.80. The van der Waals surface area contributed by atoms with Crippen molar-refractivity contribution in [1.82, 2.24) is 20.0 Å². The van der Waals surface area contributed by atoms with Crippen LogP contribution in [0.3, 0.4) is 0 Å². The summed E-state index contributed by atoms with van der Waals surface area (Å²) in [5, 5.41) is 13.5. The van der Waals surface area contributed by atoms with E-state index in [0.29, 0.717) is 11.7 Å². The first-order valence-corrected chi connectivity index (χ1v) is 7.02. The molecular formula is C14H14ClN5. The molecule has 0 amide bonds. The van der Waals surface area contributed by atoms with E-state index in [0.717, 1.165) is 33.0 Å². The molecule has 0 aliphatic heterocycles. The predicted octanol–water partition coefficient (Wildman–Crippen LogP) is 3.17. The number of nitrogens with two attached hydrogens (primary N) is 1. The second-order valence-electron chi connectivity index (χ2n) is 5.34. The number of fused-ring (bicyclic) bond motifs is 1. The van der Waals surface area contributed by atoms with Crippen LogP contribution in [-0.2, 0) is 0 Å². The fourth-order valence-corrected chi connectivity index (χ4v) is 2.67. The zero-order chi connectivity index (χ0) is 13.9. The normalized spacial score (nSPS) is 15.1. The van der Waals surface area contributed by atoms with E-state index in [1.165, 1.54) is 12.8 Å². The maximum Gasteiger partial charge on any atom is 0.186 e. The Morgan fingerprint density at radius 3 is 2.90 bits per heavy atom. The number of aromatic nitrogens is 4. The van der Waals surface area contributed by atoms with Crippen LogP contribution in [-0.4, -0.2) is 20.0 Å². The summed E-state index contributed by atoms with van der Waals surface area (Å²) in [5.74, 6) is 1.10. The molecule has 0 unspecified atom stereocenters. The minimum Gasteiger partial charge on any atom is -0.383 e. The number of anilines is 1. The van der Waals surface area contributed by atoms with Gasteiger partial charge in [0.25, 0.3) is 0 Å². The fraction of sp³-hybridized carbons (Fsp3) is 0.286. The largest absolute Gasteiger partial charge is 0.383 e. The summed E-state index contributed by atoms with van der Waals surface area (Å²) in [6, 6.07) is 5.89. The van der Waals surface area contributed by atoms with Crippen LogP contribution >= 0.6 is 11.6 Å². The minimum absolute atomic E-state index is 0.513. The molecule has 1 fully saturated rings. The van der Waals surface area contributed by atoms with E-state index < -0.39 is 0 Å². The number of nitrogens with zero attached hydrogens (tertiary/aromatic N) is 3. The van der Waals surface area contributed by atoms with Crippen molar-refractivity contribution in [3.8, 4) is 5.69 Å². The Morgan fingerprint density at radius 2 is 2.20 bits per heavy atom. The summed E-state index contributed by atoms with van der Waals surface area (Å²) in [5.41, 5.74) is 9.75. The molecule has 0 spiro atoms. The molecule has 0 radical (unpaired) electrons. The number of hydrogen-bond acceptors (Lipinski definition) is 3. The third kappa shape index (κ3) is 1.63. The van der Waals surface area contributed by atoms with E-state index in [-0.39, 0.29) is 0 Å². The van der Waals surface area contributed by atoms with Gasteiger partial charge in [0.1, 0.15) is 5.82 Å². The molecule has 1 saturated carbocycles. The minimum atomic E-state index is 0.513. The highest BCUT2D eigenvalue weighted by Gasteiger charge is 2.31. The Labute approximate surface area is 120 Å². The Morgan fingerprint density at radius 1 is 1.40 bits per heavy atom. The van der Waals surface area contributed by atoms with E-state index in [9.17, 15) is 0 Å². The maximum atomic E-state index is 6.21. The number of benzene rings is 1. The molecule has 20 heavy (non-hydrogen) atoms. The standard InChI is InChI=1S/C14H14ClN5/c1-7-2-5-9(6-10(7)15)20-14-11(13(16)17-18-14)12(19-20)8-3-4-8/h2,5-6,8H,3-4H2,1H3,(H3,16,17,18). The quantitative estimate of drug-likeness (QED) is 0.760. The van der Waals surface area contributed by atoms with Crippen molar-refractivity contribution in [2.75, 3.05) is 5.73 Å². The van der Waals surface area contributed by atoms with Gasteiger partial charge in [-0.3, -0.25) is 5.10 Å². The van der Waals surface area contributed by atoms with Crippen molar-refractivity contribution in [2.24, 2.45) is 0 Å². The average molecular weight is 288 g/mol. The van der Waals surface area contributed by atoms with Gasteiger partial charge >= 0.3 is 0 Å². The van der Waals surface area contributed by atoms with Gasteiger partial charge in [-0.15, -0.1) is 0 Å². The Bertz CT molecular complexity index is 812. The summed E-state index contributed by atoms with van der Waals surface area (Å²) < 4.78 is 1.82. The predicted molar refractivity (Wildman–Crippen MR) is 79.4 cm³/mol. The number of H-pyrrole nitrogens is 1. The molecule has 6 heteroatoms. The molecule has 4 rings (SSSR count). The first kappa shape index (κ1) is 11.8. The van der Waals surface area contributed by atoms with E-state index in [1.807, 2.05) is 29.8 Å². The summed E-state index contributed by atoms with van der Waals surface area (Å²) in [6.45, 7) is 1.98. The van der Waals surface area contributed by atoms with Gasteiger partial charge in [0.2, 0.25) is 0 Å². The van der Waals surface area contributed by atoms with Crippen molar-refractivity contribution in [3.05, 3.63) is 34.5 Å². The summed E-state index contributed by atoms with van der Waals surface area (Å²) >= 11 is 6.21. The molecule has 0 bridgehead atoms. The third-order valence-corrected chi connectivity index (χ3v) is 4.21. The van der Waals surface area contributed by atoms with Crippen LogP contribution < -0.4 is 5.73 Å². The molecule has 5 nitrogen and oxygen atoms in total. The van der Waals surface area contributed by atoms with Gasteiger partial charge in [0, 0.05) is 10.9 Å². The molecule has 1 aromatic carbocycles. The topological polar surface area (TPSA) is 72.5 Å². The molecular weight excluding hydrogens is 274 g/mol. The first-order valence-electron chi connectivity index (χ1n) is 6.64. The van der Waals surface area contributed by atoms with Crippen molar-refractivity contribution >= 4 is 28.5 Å². The maximum absolute atomic E-state index is 6.21. The van der Waals surface area contributed by atoms with Gasteiger partial charge in [-0.05, 0) is 37.5 Å². The lowest BCUT2D eigenvalue weighted by atomic mass is 10.2. The SMILES string of the molecule is Cc1ccc(-n2nc(C3CC3)c3c(N)[nH]nc32)cc1Cl. The van der Waals surface area contributed by atoms with Crippen LogP contribution in [0.25, 0.3) is 16.7 Å². The van der Waals surface area contributed by atoms with Gasteiger partial charge < -0.3 is 5.73 Å². The molecule has 102 valence electrons. The summed E-state index contributed by atoms with van der Waals surface area (Å²) in [7, 11) is 0. The first-order chi connectivity index (χ1) is 9.65. The van der Waals surface area contributed by atoms with Crippen LogP contribution in [0.2, 0.25) is 5.02 Å². The van der Waals surface area contributed by atoms with Gasteiger partial charge in [0.15, 0.2) is 5.65 Å². The molecule has 0 saturated heterocycles. The lowest BCUT2D eigenvalue weighted by molar-refractivity contribution is 0.840. The molecule has 1 aliphatic rings. The number of nitrogens with one attached hydrogen (secondary N) is 1. The summed E-state index contributed by atoms with van der Waals surface area (Å²) in [4.78, 5) is 0. The van der Waals surface area contributed by atoms with Gasteiger partial charge in [-0.2, -0.15) is 10.2 Å². The van der Waals surface area contributed by atoms with Gasteiger partial charge in [-0.1, -0.05) is 17.7 Å². The fourth-order valence-electron chi connectivity index (χ4n) is 2.49. The Kier molecular flexibility index (Phi) is 2.35. The zero-order valence-corrected chi connectivity index (χ0v) is 11.8. The number of aryl methyl sites for hydroxylation is 1. The van der Waals surface area contributed by atoms with Crippen LogP contribution in [0.1, 0.15) is 30.0 Å². The lowest BCUT2D eigenvalue weighted by Crippen LogP contribution is -1.99. The van der Waals surface area contributed by atoms with E-state index in [4.69, 9.17) is 22.4 Å². The van der Waals surface area contributed by atoms with E-state index in [2.05, 4.69) is 10.2 Å². The van der Waals surface area contributed by atoms with Gasteiger partial charge in [0.05, 0.1) is 16.8 Å². The molecule has 3 N–H and O–H groups in total. The Hall–Kier alpha value is -2.01. The van der Waals surface area contributed by atoms with Gasteiger partial charge in [-0.25, -0.2) is 4.68 Å². The number of rotatable bonds is 2. The highest BCUT2D eigenvalue weighted by molar-refractivity contribution is 6.31. The number of aromatic amines is 1.